The first kappa shape index (κ1) is 25.8. The molecule has 0 bridgehead atoms. The Morgan fingerprint density at radius 3 is 2.41 bits per heavy atom. The average molecular weight is 520 g/mol. The van der Waals surface area contributed by atoms with Crippen molar-refractivity contribution in [2.45, 2.75) is 19.6 Å². The lowest BCUT2D eigenvalue weighted by atomic mass is 9.94. The van der Waals surface area contributed by atoms with Gasteiger partial charge < -0.3 is 20.1 Å². The van der Waals surface area contributed by atoms with Gasteiger partial charge in [0.15, 0.2) is 0 Å². The Labute approximate surface area is 219 Å². The summed E-state index contributed by atoms with van der Waals surface area (Å²) in [5.41, 5.74) is 1.73. The fourth-order valence-electron chi connectivity index (χ4n) is 3.94. The number of benzene rings is 3. The molecule has 3 aromatic carbocycles. The minimum Gasteiger partial charge on any atom is -0.492 e. The highest BCUT2D eigenvalue weighted by Gasteiger charge is 2.42. The summed E-state index contributed by atoms with van der Waals surface area (Å²) >= 11 is 6.22. The minimum atomic E-state index is -1.05. The summed E-state index contributed by atoms with van der Waals surface area (Å²) < 4.78 is 11.2. The average Bonchev–Trinajstić information content (AvgIpc) is 2.90. The van der Waals surface area contributed by atoms with Crippen LogP contribution in [0, 0.1) is 0 Å². The number of halogens is 1. The van der Waals surface area contributed by atoms with E-state index in [1.165, 1.54) is 0 Å². The van der Waals surface area contributed by atoms with Gasteiger partial charge in [-0.05, 0) is 42.3 Å². The normalized spacial score (nSPS) is 15.1. The van der Waals surface area contributed by atoms with Gasteiger partial charge in [-0.2, -0.15) is 0 Å². The number of nitrogens with one attached hydrogen (secondary N) is 2. The van der Waals surface area contributed by atoms with Gasteiger partial charge in [0.25, 0.3) is 0 Å². The number of esters is 1. The van der Waals surface area contributed by atoms with Crippen LogP contribution in [0.5, 0.6) is 5.75 Å². The first-order valence-corrected chi connectivity index (χ1v) is 12.0. The van der Waals surface area contributed by atoms with Crippen molar-refractivity contribution in [1.82, 2.24) is 15.5 Å². The summed E-state index contributed by atoms with van der Waals surface area (Å²) in [5.74, 6) is 0.00261. The van der Waals surface area contributed by atoms with Gasteiger partial charge >= 0.3 is 18.0 Å². The number of imide groups is 1. The van der Waals surface area contributed by atoms with Crippen molar-refractivity contribution in [3.05, 3.63) is 112 Å². The third-order valence-electron chi connectivity index (χ3n) is 5.65. The number of allylic oxidation sites excluding steroid dienone is 1. The molecule has 0 aliphatic carbocycles. The first-order valence-electron chi connectivity index (χ1n) is 11.7. The summed E-state index contributed by atoms with van der Waals surface area (Å²) in [6.07, 6.45) is 0. The largest absolute Gasteiger partial charge is 0.492 e. The summed E-state index contributed by atoms with van der Waals surface area (Å²) in [5, 5.41) is 5.70. The number of nitrogens with zero attached hydrogens (tertiary/aromatic N) is 1. The summed E-state index contributed by atoms with van der Waals surface area (Å²) in [4.78, 5) is 40.5. The number of carbonyl (C=O) groups excluding carboxylic acids is 3. The van der Waals surface area contributed by atoms with Crippen molar-refractivity contribution in [2.24, 2.45) is 0 Å². The zero-order valence-electron chi connectivity index (χ0n) is 20.1. The number of para-hydroxylation sites is 1. The monoisotopic (exact) mass is 519 g/mol. The quantitative estimate of drug-likeness (QED) is 0.314. The van der Waals surface area contributed by atoms with Gasteiger partial charge in [0.2, 0.25) is 0 Å². The predicted octanol–water partition coefficient (Wildman–Crippen LogP) is 5.21. The van der Waals surface area contributed by atoms with Crippen LogP contribution in [0.15, 0.2) is 96.2 Å². The molecule has 1 heterocycles. The van der Waals surface area contributed by atoms with E-state index >= 15 is 0 Å². The van der Waals surface area contributed by atoms with Gasteiger partial charge in [0, 0.05) is 10.7 Å². The highest BCUT2D eigenvalue weighted by Crippen LogP contribution is 2.35. The molecule has 1 atom stereocenters. The topological polar surface area (TPSA) is 97.0 Å². The number of carbonyl (C=O) groups is 3. The number of urea groups is 2. The molecule has 1 aliphatic heterocycles. The molecule has 0 saturated carbocycles. The molecule has 0 aromatic heterocycles. The molecular formula is C28H26ClN3O5. The molecule has 1 unspecified atom stereocenters. The van der Waals surface area contributed by atoms with Crippen molar-refractivity contribution < 1.29 is 23.9 Å². The molecule has 8 nitrogen and oxygen atoms in total. The molecule has 190 valence electrons. The van der Waals surface area contributed by atoms with Crippen LogP contribution in [0.1, 0.15) is 24.1 Å². The smallest absolute Gasteiger partial charge is 0.338 e. The van der Waals surface area contributed by atoms with Crippen LogP contribution in [0.25, 0.3) is 0 Å². The van der Waals surface area contributed by atoms with Crippen LogP contribution in [0.2, 0.25) is 5.02 Å². The summed E-state index contributed by atoms with van der Waals surface area (Å²) in [6.45, 7) is 1.96. The van der Waals surface area contributed by atoms with Gasteiger partial charge in [0.05, 0.1) is 12.1 Å². The second kappa shape index (κ2) is 12.1. The van der Waals surface area contributed by atoms with E-state index < -0.39 is 24.1 Å². The van der Waals surface area contributed by atoms with E-state index in [9.17, 15) is 14.4 Å². The highest BCUT2D eigenvalue weighted by molar-refractivity contribution is 6.30. The Morgan fingerprint density at radius 2 is 1.70 bits per heavy atom. The maximum atomic E-state index is 13.3. The molecule has 4 rings (SSSR count). The van der Waals surface area contributed by atoms with E-state index in [0.29, 0.717) is 22.0 Å². The Balaban J connectivity index is 1.55. The van der Waals surface area contributed by atoms with Crippen LogP contribution >= 0.6 is 11.6 Å². The van der Waals surface area contributed by atoms with Gasteiger partial charge in [-0.3, -0.25) is 0 Å². The summed E-state index contributed by atoms with van der Waals surface area (Å²) in [7, 11) is 0. The van der Waals surface area contributed by atoms with E-state index in [1.807, 2.05) is 48.5 Å². The van der Waals surface area contributed by atoms with E-state index in [1.54, 1.807) is 43.3 Å². The maximum absolute atomic E-state index is 13.3. The van der Waals surface area contributed by atoms with Crippen molar-refractivity contribution in [2.75, 3.05) is 13.2 Å². The number of hydrogen-bond acceptors (Lipinski definition) is 5. The van der Waals surface area contributed by atoms with Gasteiger partial charge in [-0.1, -0.05) is 72.3 Å². The van der Waals surface area contributed by atoms with Crippen molar-refractivity contribution >= 4 is 29.6 Å². The second-order valence-corrected chi connectivity index (χ2v) is 8.69. The van der Waals surface area contributed by atoms with E-state index in [2.05, 4.69) is 10.6 Å². The predicted molar refractivity (Wildman–Crippen MR) is 139 cm³/mol. The van der Waals surface area contributed by atoms with Gasteiger partial charge in [-0.25, -0.2) is 19.3 Å². The molecule has 0 spiro atoms. The SMILES string of the molecule is CC1=C(C(=O)OCc2ccccc2)C(c2cccc(Cl)c2)N(C(=O)NCCOc2ccccc2)C(=O)N1. The van der Waals surface area contributed by atoms with E-state index in [4.69, 9.17) is 21.1 Å². The lowest BCUT2D eigenvalue weighted by molar-refractivity contribution is -0.141. The van der Waals surface area contributed by atoms with Crippen LogP contribution < -0.4 is 15.4 Å². The molecule has 0 fully saturated rings. The molecule has 3 aromatic rings. The van der Waals surface area contributed by atoms with E-state index in [0.717, 1.165) is 10.5 Å². The maximum Gasteiger partial charge on any atom is 0.338 e. The highest BCUT2D eigenvalue weighted by atomic mass is 35.5. The number of rotatable bonds is 8. The molecule has 9 heteroatoms. The third-order valence-corrected chi connectivity index (χ3v) is 5.89. The first-order chi connectivity index (χ1) is 17.9. The fraction of sp³-hybridized carbons (Fsp3) is 0.179. The molecule has 0 radical (unpaired) electrons. The molecule has 2 N–H and O–H groups in total. The standard InChI is InChI=1S/C28H26ClN3O5/c1-19-24(26(33)37-18-20-9-4-2-5-10-20)25(21-11-8-12-22(29)17-21)32(28(35)31-19)27(34)30-15-16-36-23-13-6-3-7-14-23/h2-14,17,25H,15-16,18H2,1H3,(H,30,34)(H,31,35). The van der Waals surface area contributed by atoms with Crippen molar-refractivity contribution in [1.29, 1.82) is 0 Å². The van der Waals surface area contributed by atoms with Crippen molar-refractivity contribution in [3.8, 4) is 5.75 Å². The number of amides is 4. The molecule has 4 amide bonds. The molecular weight excluding hydrogens is 494 g/mol. The van der Waals surface area contributed by atoms with Crippen molar-refractivity contribution in [3.63, 3.8) is 0 Å². The number of ether oxygens (including phenoxy) is 2. The van der Waals surface area contributed by atoms with Crippen LogP contribution in [0.3, 0.4) is 0 Å². The van der Waals surface area contributed by atoms with Gasteiger partial charge in [-0.15, -0.1) is 0 Å². The fourth-order valence-corrected chi connectivity index (χ4v) is 4.13. The van der Waals surface area contributed by atoms with Gasteiger partial charge in [0.1, 0.15) is 25.0 Å². The van der Waals surface area contributed by atoms with Crippen LogP contribution in [-0.4, -0.2) is 36.1 Å². The lowest BCUT2D eigenvalue weighted by Crippen LogP contribution is -2.54. The zero-order valence-corrected chi connectivity index (χ0v) is 20.9. The third kappa shape index (κ3) is 6.48. The zero-order chi connectivity index (χ0) is 26.2. The Morgan fingerprint density at radius 1 is 1.00 bits per heavy atom. The Bertz CT molecular complexity index is 1300. The van der Waals surface area contributed by atoms with Crippen LogP contribution in [-0.2, 0) is 16.1 Å². The number of hydrogen-bond donors (Lipinski definition) is 2. The molecule has 1 aliphatic rings. The Kier molecular flexibility index (Phi) is 8.43. The molecule has 0 saturated heterocycles. The van der Waals surface area contributed by atoms with E-state index in [-0.39, 0.29) is 25.3 Å². The van der Waals surface area contributed by atoms with Crippen LogP contribution in [0.4, 0.5) is 9.59 Å². The second-order valence-electron chi connectivity index (χ2n) is 8.25. The minimum absolute atomic E-state index is 0.0374. The molecule has 37 heavy (non-hydrogen) atoms. The lowest BCUT2D eigenvalue weighted by Gasteiger charge is -2.36. The Hall–Kier alpha value is -4.30. The summed E-state index contributed by atoms with van der Waals surface area (Å²) in [6, 6.07) is 22.6.